The minimum atomic E-state index is -1.03. The lowest BCUT2D eigenvalue weighted by atomic mass is 10.1. The molecule has 1 saturated heterocycles. The molecular formula is C13H16N2O4. The summed E-state index contributed by atoms with van der Waals surface area (Å²) in [5, 5.41) is 9.25. The van der Waals surface area contributed by atoms with Crippen LogP contribution in [0, 0.1) is 6.92 Å². The van der Waals surface area contributed by atoms with Crippen LogP contribution in [0.5, 0.6) is 5.75 Å². The number of hydrogen-bond donors (Lipinski definition) is 1. The van der Waals surface area contributed by atoms with Gasteiger partial charge in [0.05, 0.1) is 19.3 Å². The molecule has 0 bridgehead atoms. The van der Waals surface area contributed by atoms with Gasteiger partial charge in [-0.25, -0.2) is 9.59 Å². The van der Waals surface area contributed by atoms with E-state index in [9.17, 15) is 14.7 Å². The highest BCUT2D eigenvalue weighted by molar-refractivity contribution is 6.02. The van der Waals surface area contributed by atoms with Gasteiger partial charge < -0.3 is 14.7 Å². The fourth-order valence-corrected chi connectivity index (χ4v) is 2.18. The van der Waals surface area contributed by atoms with Crippen LogP contribution in [-0.2, 0) is 4.79 Å². The molecule has 6 heteroatoms. The Morgan fingerprint density at radius 3 is 2.74 bits per heavy atom. The van der Waals surface area contributed by atoms with Gasteiger partial charge in [-0.15, -0.1) is 0 Å². The number of likely N-dealkylation sites (N-methyl/N-ethyl adjacent to an activating group) is 1. The van der Waals surface area contributed by atoms with Crippen molar-refractivity contribution in [3.8, 4) is 5.75 Å². The van der Waals surface area contributed by atoms with Gasteiger partial charge in [0.1, 0.15) is 5.75 Å². The van der Waals surface area contributed by atoms with Gasteiger partial charge in [-0.3, -0.25) is 4.90 Å². The normalized spacial score (nSPS) is 18.9. The number of ether oxygens (including phenoxy) is 1. The van der Waals surface area contributed by atoms with E-state index < -0.39 is 12.0 Å². The van der Waals surface area contributed by atoms with Gasteiger partial charge in [-0.2, -0.15) is 0 Å². The summed E-state index contributed by atoms with van der Waals surface area (Å²) in [5.74, 6) is -0.540. The molecule has 0 saturated carbocycles. The molecule has 1 aromatic rings. The van der Waals surface area contributed by atoms with Crippen molar-refractivity contribution in [2.75, 3.05) is 25.6 Å². The van der Waals surface area contributed by atoms with Gasteiger partial charge in [0, 0.05) is 7.05 Å². The molecule has 102 valence electrons. The molecule has 1 heterocycles. The van der Waals surface area contributed by atoms with Gasteiger partial charge >= 0.3 is 12.0 Å². The first kappa shape index (κ1) is 13.2. The van der Waals surface area contributed by atoms with Crippen molar-refractivity contribution in [3.63, 3.8) is 0 Å². The summed E-state index contributed by atoms with van der Waals surface area (Å²) in [4.78, 5) is 26.1. The second-order valence-electron chi connectivity index (χ2n) is 4.56. The first-order valence-corrected chi connectivity index (χ1v) is 5.87. The maximum absolute atomic E-state index is 12.1. The van der Waals surface area contributed by atoms with E-state index in [1.165, 1.54) is 16.9 Å². The van der Waals surface area contributed by atoms with E-state index in [2.05, 4.69) is 0 Å². The van der Waals surface area contributed by atoms with Gasteiger partial charge in [-0.1, -0.05) is 6.07 Å². The third kappa shape index (κ3) is 2.21. The summed E-state index contributed by atoms with van der Waals surface area (Å²) >= 11 is 0. The summed E-state index contributed by atoms with van der Waals surface area (Å²) in [6.07, 6.45) is 0. The number of benzene rings is 1. The molecule has 1 aliphatic heterocycles. The zero-order valence-electron chi connectivity index (χ0n) is 11.1. The van der Waals surface area contributed by atoms with E-state index in [0.717, 1.165) is 5.56 Å². The quantitative estimate of drug-likeness (QED) is 0.894. The van der Waals surface area contributed by atoms with Crippen molar-refractivity contribution in [2.24, 2.45) is 0 Å². The summed E-state index contributed by atoms with van der Waals surface area (Å²) < 4.78 is 5.22. The van der Waals surface area contributed by atoms with Crippen molar-refractivity contribution >= 4 is 17.7 Å². The number of carbonyl (C=O) groups excluding carboxylic acids is 1. The van der Waals surface area contributed by atoms with Crippen molar-refractivity contribution in [1.82, 2.24) is 4.90 Å². The Kier molecular flexibility index (Phi) is 3.33. The molecule has 1 aromatic carbocycles. The van der Waals surface area contributed by atoms with E-state index in [1.807, 2.05) is 13.0 Å². The third-order valence-electron chi connectivity index (χ3n) is 3.17. The molecule has 0 aromatic heterocycles. The van der Waals surface area contributed by atoms with Gasteiger partial charge in [-0.05, 0) is 24.6 Å². The van der Waals surface area contributed by atoms with Crippen LogP contribution in [-0.4, -0.2) is 48.8 Å². The van der Waals surface area contributed by atoms with Crippen LogP contribution in [0.1, 0.15) is 5.56 Å². The number of amides is 2. The molecular weight excluding hydrogens is 248 g/mol. The van der Waals surface area contributed by atoms with Crippen molar-refractivity contribution in [1.29, 1.82) is 0 Å². The zero-order chi connectivity index (χ0) is 14.2. The predicted molar refractivity (Wildman–Crippen MR) is 69.7 cm³/mol. The minimum absolute atomic E-state index is 0.158. The third-order valence-corrected chi connectivity index (χ3v) is 3.17. The highest BCUT2D eigenvalue weighted by atomic mass is 16.5. The highest BCUT2D eigenvalue weighted by Gasteiger charge is 2.41. The maximum Gasteiger partial charge on any atom is 0.328 e. The number of rotatable bonds is 3. The number of aryl methyl sites for hydroxylation is 1. The second kappa shape index (κ2) is 4.79. The number of carboxylic acid groups (broad SMARTS) is 1. The molecule has 19 heavy (non-hydrogen) atoms. The Balaban J connectivity index is 2.51. The lowest BCUT2D eigenvalue weighted by Crippen LogP contribution is -2.39. The average molecular weight is 264 g/mol. The van der Waals surface area contributed by atoms with Gasteiger partial charge in [0.2, 0.25) is 0 Å². The topological polar surface area (TPSA) is 70.1 Å². The minimum Gasteiger partial charge on any atom is -0.495 e. The molecule has 1 aliphatic rings. The number of hydrogen-bond acceptors (Lipinski definition) is 3. The molecule has 0 spiro atoms. The van der Waals surface area contributed by atoms with Crippen LogP contribution >= 0.6 is 0 Å². The Bertz CT molecular complexity index is 529. The fraction of sp³-hybridized carbons (Fsp3) is 0.385. The average Bonchev–Trinajstić information content (AvgIpc) is 2.66. The first-order valence-electron chi connectivity index (χ1n) is 5.87. The number of urea groups is 1. The van der Waals surface area contributed by atoms with E-state index >= 15 is 0 Å². The van der Waals surface area contributed by atoms with Crippen LogP contribution in [0.4, 0.5) is 10.5 Å². The Morgan fingerprint density at radius 2 is 2.16 bits per heavy atom. The van der Waals surface area contributed by atoms with E-state index in [0.29, 0.717) is 11.4 Å². The largest absolute Gasteiger partial charge is 0.495 e. The molecule has 2 rings (SSSR count). The smallest absolute Gasteiger partial charge is 0.328 e. The molecule has 6 nitrogen and oxygen atoms in total. The van der Waals surface area contributed by atoms with E-state index in [1.54, 1.807) is 19.2 Å². The summed E-state index contributed by atoms with van der Waals surface area (Å²) in [6.45, 7) is 2.04. The van der Waals surface area contributed by atoms with Crippen LogP contribution < -0.4 is 9.64 Å². The van der Waals surface area contributed by atoms with Crippen LogP contribution in [0.25, 0.3) is 0 Å². The van der Waals surface area contributed by atoms with Gasteiger partial charge in [0.15, 0.2) is 6.04 Å². The number of carbonyl (C=O) groups is 2. The zero-order valence-corrected chi connectivity index (χ0v) is 11.1. The molecule has 1 unspecified atom stereocenters. The number of methoxy groups -OCH3 is 1. The monoisotopic (exact) mass is 264 g/mol. The van der Waals surface area contributed by atoms with Crippen molar-refractivity contribution in [2.45, 2.75) is 13.0 Å². The molecule has 1 atom stereocenters. The summed E-state index contributed by atoms with van der Waals surface area (Å²) in [7, 11) is 3.08. The van der Waals surface area contributed by atoms with Crippen molar-refractivity contribution in [3.05, 3.63) is 23.8 Å². The molecule has 0 radical (unpaired) electrons. The Morgan fingerprint density at radius 1 is 1.47 bits per heavy atom. The van der Waals surface area contributed by atoms with Crippen LogP contribution in [0.15, 0.2) is 18.2 Å². The SMILES string of the molecule is COc1ccc(C)cc1N1C(=O)N(C)CC1C(=O)O. The maximum atomic E-state index is 12.1. The number of carboxylic acids is 1. The molecule has 0 aliphatic carbocycles. The van der Waals surface area contributed by atoms with E-state index in [-0.39, 0.29) is 12.6 Å². The van der Waals surface area contributed by atoms with E-state index in [4.69, 9.17) is 4.74 Å². The standard InChI is InChI=1S/C13H16N2O4/c1-8-4-5-11(19-3)9(6-8)15-10(12(16)17)7-14(2)13(15)18/h4-6,10H,7H2,1-3H3,(H,16,17). The Labute approximate surface area is 111 Å². The lowest BCUT2D eigenvalue weighted by molar-refractivity contribution is -0.138. The first-order chi connectivity index (χ1) is 8.95. The lowest BCUT2D eigenvalue weighted by Gasteiger charge is -2.22. The number of anilines is 1. The van der Waals surface area contributed by atoms with Crippen LogP contribution in [0.3, 0.4) is 0 Å². The molecule has 2 amide bonds. The summed E-state index contributed by atoms with van der Waals surface area (Å²) in [5.41, 5.74) is 1.42. The second-order valence-corrected chi connectivity index (χ2v) is 4.56. The van der Waals surface area contributed by atoms with Gasteiger partial charge in [0.25, 0.3) is 0 Å². The number of aliphatic carboxylic acids is 1. The Hall–Kier alpha value is -2.24. The number of nitrogens with zero attached hydrogens (tertiary/aromatic N) is 2. The fourth-order valence-electron chi connectivity index (χ4n) is 2.18. The van der Waals surface area contributed by atoms with Crippen LogP contribution in [0.2, 0.25) is 0 Å². The summed E-state index contributed by atoms with van der Waals surface area (Å²) in [6, 6.07) is 4.10. The highest BCUT2D eigenvalue weighted by Crippen LogP contribution is 2.33. The predicted octanol–water partition coefficient (Wildman–Crippen LogP) is 1.33. The molecule has 1 fully saturated rings. The molecule has 1 N–H and O–H groups in total. The van der Waals surface area contributed by atoms with Crippen molar-refractivity contribution < 1.29 is 19.4 Å².